The summed E-state index contributed by atoms with van der Waals surface area (Å²) in [6.07, 6.45) is 3.79. The highest BCUT2D eigenvalue weighted by molar-refractivity contribution is 6.28. The first-order valence-corrected chi connectivity index (χ1v) is 6.44. The number of aromatic nitrogens is 2. The van der Waals surface area contributed by atoms with Crippen molar-refractivity contribution in [3.63, 3.8) is 0 Å². The van der Waals surface area contributed by atoms with Crippen molar-refractivity contribution in [2.75, 3.05) is 11.9 Å². The Morgan fingerprint density at radius 1 is 1.47 bits per heavy atom. The summed E-state index contributed by atoms with van der Waals surface area (Å²) in [6, 6.07) is 0.119. The van der Waals surface area contributed by atoms with Gasteiger partial charge in [-0.15, -0.1) is 0 Å². The number of aliphatic hydroxyl groups excluding tert-OH is 1. The zero-order chi connectivity index (χ0) is 14.0. The molecule has 104 valence electrons. The van der Waals surface area contributed by atoms with Gasteiger partial charge in [-0.05, 0) is 37.3 Å². The number of halogens is 1. The van der Waals surface area contributed by atoms with Gasteiger partial charge in [0.2, 0.25) is 11.1 Å². The molecule has 1 aromatic heterocycles. The lowest BCUT2D eigenvalue weighted by Crippen LogP contribution is -2.37. The Hall–Kier alpha value is -1.47. The van der Waals surface area contributed by atoms with Gasteiger partial charge < -0.3 is 10.0 Å². The molecule has 0 bridgehead atoms. The van der Waals surface area contributed by atoms with Crippen LogP contribution in [-0.2, 0) is 0 Å². The van der Waals surface area contributed by atoms with E-state index in [9.17, 15) is 15.2 Å². The number of hydrogen-bond acceptors (Lipinski definition) is 6. The van der Waals surface area contributed by atoms with Crippen molar-refractivity contribution in [2.24, 2.45) is 0 Å². The summed E-state index contributed by atoms with van der Waals surface area (Å²) < 4.78 is 0. The Morgan fingerprint density at radius 3 is 2.68 bits per heavy atom. The van der Waals surface area contributed by atoms with Gasteiger partial charge in [0, 0.05) is 13.1 Å². The molecule has 0 unspecified atom stereocenters. The minimum Gasteiger partial charge on any atom is -0.393 e. The third-order valence-electron chi connectivity index (χ3n) is 3.47. The Balaban J connectivity index is 2.25. The van der Waals surface area contributed by atoms with Gasteiger partial charge in [-0.3, -0.25) is 10.1 Å². The molecule has 7 nitrogen and oxygen atoms in total. The standard InChI is InChI=1S/C11H15ClN4O3/c1-15(7-2-4-8(17)5-3-7)10-9(16(18)19)6-13-11(12)14-10/h6-8,17H,2-5H2,1H3. The SMILES string of the molecule is CN(c1nc(Cl)ncc1[N+](=O)[O-])C1CCC(O)CC1. The quantitative estimate of drug-likeness (QED) is 0.517. The zero-order valence-electron chi connectivity index (χ0n) is 10.5. The van der Waals surface area contributed by atoms with Crippen LogP contribution in [0, 0.1) is 10.1 Å². The van der Waals surface area contributed by atoms with Gasteiger partial charge in [-0.1, -0.05) is 0 Å². The molecule has 1 aliphatic carbocycles. The highest BCUT2D eigenvalue weighted by Crippen LogP contribution is 2.31. The summed E-state index contributed by atoms with van der Waals surface area (Å²) in [5.74, 6) is 0.228. The maximum Gasteiger partial charge on any atom is 0.329 e. The Morgan fingerprint density at radius 2 is 2.11 bits per heavy atom. The molecular formula is C11H15ClN4O3. The molecule has 1 N–H and O–H groups in total. The van der Waals surface area contributed by atoms with Gasteiger partial charge in [0.05, 0.1) is 11.0 Å². The molecule has 8 heteroatoms. The molecule has 1 aliphatic rings. The van der Waals surface area contributed by atoms with Crippen molar-refractivity contribution < 1.29 is 10.0 Å². The van der Waals surface area contributed by atoms with Crippen LogP contribution in [-0.4, -0.2) is 39.2 Å². The van der Waals surface area contributed by atoms with E-state index in [4.69, 9.17) is 11.6 Å². The van der Waals surface area contributed by atoms with Crippen LogP contribution in [0.3, 0.4) is 0 Å². The van der Waals surface area contributed by atoms with Crippen molar-refractivity contribution in [1.82, 2.24) is 9.97 Å². The lowest BCUT2D eigenvalue weighted by Gasteiger charge is -2.33. The summed E-state index contributed by atoms with van der Waals surface area (Å²) in [7, 11) is 1.76. The van der Waals surface area contributed by atoms with Crippen LogP contribution in [0.4, 0.5) is 11.5 Å². The maximum absolute atomic E-state index is 11.0. The molecule has 0 aromatic carbocycles. The fourth-order valence-electron chi connectivity index (χ4n) is 2.35. The van der Waals surface area contributed by atoms with Gasteiger partial charge in [0.1, 0.15) is 6.20 Å². The maximum atomic E-state index is 11.0. The Kier molecular flexibility index (Phi) is 4.16. The molecule has 1 heterocycles. The van der Waals surface area contributed by atoms with Crippen LogP contribution in [0.15, 0.2) is 6.20 Å². The fourth-order valence-corrected chi connectivity index (χ4v) is 2.48. The van der Waals surface area contributed by atoms with Crippen LogP contribution >= 0.6 is 11.6 Å². The molecule has 1 saturated carbocycles. The van der Waals surface area contributed by atoms with Gasteiger partial charge in [-0.2, -0.15) is 4.98 Å². The van der Waals surface area contributed by atoms with Gasteiger partial charge >= 0.3 is 5.69 Å². The highest BCUT2D eigenvalue weighted by Gasteiger charge is 2.28. The van der Waals surface area contributed by atoms with Crippen molar-refractivity contribution in [3.8, 4) is 0 Å². The summed E-state index contributed by atoms with van der Waals surface area (Å²) in [5.41, 5.74) is -0.155. The summed E-state index contributed by atoms with van der Waals surface area (Å²) in [5, 5.41) is 20.5. The van der Waals surface area contributed by atoms with Crippen LogP contribution in [0.1, 0.15) is 25.7 Å². The largest absolute Gasteiger partial charge is 0.393 e. The first-order chi connectivity index (χ1) is 8.99. The van der Waals surface area contributed by atoms with E-state index in [1.165, 1.54) is 0 Å². The second-order valence-corrected chi connectivity index (χ2v) is 5.02. The monoisotopic (exact) mass is 286 g/mol. The molecule has 19 heavy (non-hydrogen) atoms. The van der Waals surface area contributed by atoms with Gasteiger partial charge in [0.25, 0.3) is 0 Å². The number of hydrogen-bond donors (Lipinski definition) is 1. The van der Waals surface area contributed by atoms with E-state index in [0.29, 0.717) is 12.8 Å². The molecule has 0 amide bonds. The Bertz CT molecular complexity index is 477. The molecule has 0 spiro atoms. The number of nitrogens with zero attached hydrogens (tertiary/aromatic N) is 4. The van der Waals surface area contributed by atoms with Gasteiger partial charge in [-0.25, -0.2) is 4.98 Å². The molecular weight excluding hydrogens is 272 g/mol. The predicted molar refractivity (Wildman–Crippen MR) is 70.4 cm³/mol. The van der Waals surface area contributed by atoms with Crippen molar-refractivity contribution in [1.29, 1.82) is 0 Å². The highest BCUT2D eigenvalue weighted by atomic mass is 35.5. The molecule has 0 aliphatic heterocycles. The van der Waals surface area contributed by atoms with Crippen LogP contribution in [0.5, 0.6) is 0 Å². The number of nitro groups is 1. The van der Waals surface area contributed by atoms with E-state index in [1.54, 1.807) is 11.9 Å². The fraction of sp³-hybridized carbons (Fsp3) is 0.636. The second-order valence-electron chi connectivity index (χ2n) is 4.68. The van der Waals surface area contributed by atoms with Crippen LogP contribution in [0.25, 0.3) is 0 Å². The van der Waals surface area contributed by atoms with Crippen LogP contribution < -0.4 is 4.90 Å². The topological polar surface area (TPSA) is 92.4 Å². The summed E-state index contributed by atoms with van der Waals surface area (Å²) >= 11 is 5.72. The second kappa shape index (κ2) is 5.66. The van der Waals surface area contributed by atoms with E-state index >= 15 is 0 Å². The molecule has 0 saturated heterocycles. The number of anilines is 1. The number of rotatable bonds is 3. The van der Waals surface area contributed by atoms with E-state index in [2.05, 4.69) is 9.97 Å². The Labute approximate surface area is 115 Å². The van der Waals surface area contributed by atoms with E-state index < -0.39 is 4.92 Å². The molecule has 1 aromatic rings. The van der Waals surface area contributed by atoms with Crippen molar-refractivity contribution in [2.45, 2.75) is 37.8 Å². The normalized spacial score (nSPS) is 23.1. The predicted octanol–water partition coefficient (Wildman–Crippen LogP) is 1.78. The lowest BCUT2D eigenvalue weighted by atomic mass is 9.92. The molecule has 2 rings (SSSR count). The minimum absolute atomic E-state index is 0.0108. The average molecular weight is 287 g/mol. The molecule has 1 fully saturated rings. The lowest BCUT2D eigenvalue weighted by molar-refractivity contribution is -0.384. The smallest absolute Gasteiger partial charge is 0.329 e. The van der Waals surface area contributed by atoms with E-state index in [-0.39, 0.29) is 28.9 Å². The first-order valence-electron chi connectivity index (χ1n) is 6.07. The van der Waals surface area contributed by atoms with Crippen LogP contribution in [0.2, 0.25) is 5.28 Å². The van der Waals surface area contributed by atoms with Gasteiger partial charge in [0.15, 0.2) is 0 Å². The third-order valence-corrected chi connectivity index (χ3v) is 3.65. The van der Waals surface area contributed by atoms with E-state index in [1.807, 2.05) is 0 Å². The average Bonchev–Trinajstić information content (AvgIpc) is 2.38. The third kappa shape index (κ3) is 3.10. The van der Waals surface area contributed by atoms with Crippen molar-refractivity contribution >= 4 is 23.1 Å². The zero-order valence-corrected chi connectivity index (χ0v) is 11.2. The number of aliphatic hydroxyl groups is 1. The minimum atomic E-state index is -0.514. The first kappa shape index (κ1) is 14.0. The van der Waals surface area contributed by atoms with E-state index in [0.717, 1.165) is 19.0 Å². The van der Waals surface area contributed by atoms with Crippen molar-refractivity contribution in [3.05, 3.63) is 21.6 Å². The summed E-state index contributed by atoms with van der Waals surface area (Å²) in [6.45, 7) is 0. The summed E-state index contributed by atoms with van der Waals surface area (Å²) in [4.78, 5) is 19.8. The molecule has 0 radical (unpaired) electrons. The molecule has 0 atom stereocenters.